The summed E-state index contributed by atoms with van der Waals surface area (Å²) in [6.45, 7) is 0. The number of amides is 1. The molecule has 3 N–H and O–H groups in total. The number of aliphatic hydroxyl groups is 1. The zero-order valence-corrected chi connectivity index (χ0v) is 9.06. The summed E-state index contributed by atoms with van der Waals surface area (Å²) in [7, 11) is 1.22. The Morgan fingerprint density at radius 3 is 2.65 bits per heavy atom. The summed E-state index contributed by atoms with van der Waals surface area (Å²) in [4.78, 5) is 38.6. The van der Waals surface area contributed by atoms with Crippen LogP contribution in [-0.4, -0.2) is 41.8 Å². The van der Waals surface area contributed by atoms with Gasteiger partial charge in [-0.3, -0.25) is 4.79 Å². The van der Waals surface area contributed by atoms with Gasteiger partial charge in [0.25, 0.3) is 0 Å². The van der Waals surface area contributed by atoms with Crippen molar-refractivity contribution >= 4 is 17.8 Å². The number of hydrogen-bond donors (Lipinski definition) is 3. The molecule has 94 valence electrons. The van der Waals surface area contributed by atoms with E-state index in [0.717, 1.165) is 0 Å². The zero-order chi connectivity index (χ0) is 12.6. The fraction of sp³-hybridized carbons (Fsp3) is 0.667. The summed E-state index contributed by atoms with van der Waals surface area (Å²) >= 11 is 0. The Morgan fingerprint density at radius 1 is 1.59 bits per heavy atom. The van der Waals surface area contributed by atoms with Crippen LogP contribution in [0, 0.1) is 5.92 Å². The average Bonchev–Trinajstić information content (AvgIpc) is 2.99. The number of methoxy groups -OCH3 is 1. The van der Waals surface area contributed by atoms with Gasteiger partial charge in [0.1, 0.15) is 5.54 Å². The lowest BCUT2D eigenvalue weighted by Gasteiger charge is -2.17. The van der Waals surface area contributed by atoms with Crippen LogP contribution in [0.15, 0.2) is 0 Å². The van der Waals surface area contributed by atoms with E-state index in [1.807, 2.05) is 5.48 Å². The molecule has 2 fully saturated rings. The molecular formula is C9H12N2O6. The monoisotopic (exact) mass is 244 g/mol. The van der Waals surface area contributed by atoms with Crippen LogP contribution in [0.25, 0.3) is 0 Å². The third-order valence-corrected chi connectivity index (χ3v) is 2.82. The molecule has 1 aliphatic heterocycles. The van der Waals surface area contributed by atoms with E-state index < -0.39 is 35.5 Å². The Balaban J connectivity index is 2.02. The Kier molecular flexibility index (Phi) is 2.76. The molecule has 0 aromatic heterocycles. The average molecular weight is 244 g/mol. The number of nitrogens with one attached hydrogen (secondary N) is 2. The van der Waals surface area contributed by atoms with Gasteiger partial charge in [0.2, 0.25) is 5.91 Å². The van der Waals surface area contributed by atoms with Gasteiger partial charge in [-0.25, -0.2) is 9.59 Å². The molecular weight excluding hydrogens is 232 g/mol. The van der Waals surface area contributed by atoms with E-state index in [4.69, 9.17) is 0 Å². The van der Waals surface area contributed by atoms with Gasteiger partial charge in [-0.05, 0) is 12.8 Å². The van der Waals surface area contributed by atoms with Crippen LogP contribution < -0.4 is 10.8 Å². The largest absolute Gasteiger partial charge is 0.467 e. The first-order valence-corrected chi connectivity index (χ1v) is 5.05. The van der Waals surface area contributed by atoms with Gasteiger partial charge in [-0.2, -0.15) is 0 Å². The third-order valence-electron chi connectivity index (χ3n) is 2.82. The molecule has 1 aliphatic carbocycles. The molecule has 1 heterocycles. The van der Waals surface area contributed by atoms with Crippen LogP contribution in [0.5, 0.6) is 0 Å². The van der Waals surface area contributed by atoms with Crippen molar-refractivity contribution in [3.63, 3.8) is 0 Å². The van der Waals surface area contributed by atoms with Gasteiger partial charge in [-0.1, -0.05) is 0 Å². The number of carbonyl (C=O) groups excluding carboxylic acids is 3. The maximum Gasteiger partial charge on any atom is 0.341 e. The minimum atomic E-state index is -1.41. The van der Waals surface area contributed by atoms with Crippen LogP contribution in [0.4, 0.5) is 0 Å². The van der Waals surface area contributed by atoms with Crippen LogP contribution >= 0.6 is 0 Å². The van der Waals surface area contributed by atoms with Crippen LogP contribution in [0.3, 0.4) is 0 Å². The molecule has 2 rings (SSSR count). The van der Waals surface area contributed by atoms with Gasteiger partial charge in [-0.15, -0.1) is 5.48 Å². The predicted octanol–water partition coefficient (Wildman–Crippen LogP) is -2.20. The Morgan fingerprint density at radius 2 is 2.24 bits per heavy atom. The van der Waals surface area contributed by atoms with Crippen molar-refractivity contribution in [1.29, 1.82) is 0 Å². The van der Waals surface area contributed by atoms with E-state index >= 15 is 0 Å². The van der Waals surface area contributed by atoms with Crippen molar-refractivity contribution in [1.82, 2.24) is 10.8 Å². The van der Waals surface area contributed by atoms with Gasteiger partial charge in [0.05, 0.1) is 7.11 Å². The summed E-state index contributed by atoms with van der Waals surface area (Å²) in [5, 5.41) is 11.7. The molecule has 0 aromatic carbocycles. The quantitative estimate of drug-likeness (QED) is 0.381. The summed E-state index contributed by atoms with van der Waals surface area (Å²) in [5.74, 6) is -3.55. The second kappa shape index (κ2) is 3.97. The van der Waals surface area contributed by atoms with E-state index in [-0.39, 0.29) is 0 Å². The Bertz CT molecular complexity index is 378. The third kappa shape index (κ3) is 1.96. The number of hydrogen-bond acceptors (Lipinski definition) is 7. The number of rotatable bonds is 3. The van der Waals surface area contributed by atoms with Crippen molar-refractivity contribution in [3.05, 3.63) is 0 Å². The van der Waals surface area contributed by atoms with E-state index in [9.17, 15) is 19.5 Å². The van der Waals surface area contributed by atoms with Crippen LogP contribution in [-0.2, 0) is 24.0 Å². The molecule has 8 heteroatoms. The molecule has 1 saturated heterocycles. The Labute approximate surface area is 96.2 Å². The molecule has 2 atom stereocenters. The molecule has 2 unspecified atom stereocenters. The molecule has 0 radical (unpaired) electrons. The summed E-state index contributed by atoms with van der Waals surface area (Å²) in [6, 6.07) is 0. The van der Waals surface area contributed by atoms with Crippen LogP contribution in [0.2, 0.25) is 0 Å². The molecule has 17 heavy (non-hydrogen) atoms. The highest BCUT2D eigenvalue weighted by Gasteiger charge is 2.55. The van der Waals surface area contributed by atoms with E-state index in [2.05, 4.69) is 14.9 Å². The Hall–Kier alpha value is -1.67. The maximum absolute atomic E-state index is 11.7. The number of hydroxylamine groups is 1. The van der Waals surface area contributed by atoms with Gasteiger partial charge in [0.15, 0.2) is 12.1 Å². The highest BCUT2D eigenvalue weighted by Crippen LogP contribution is 2.37. The van der Waals surface area contributed by atoms with E-state index in [1.54, 1.807) is 0 Å². The molecule has 0 bridgehead atoms. The van der Waals surface area contributed by atoms with Gasteiger partial charge >= 0.3 is 11.9 Å². The van der Waals surface area contributed by atoms with Crippen molar-refractivity contribution in [2.45, 2.75) is 24.6 Å². The maximum atomic E-state index is 11.7. The lowest BCUT2D eigenvalue weighted by molar-refractivity contribution is -0.151. The summed E-state index contributed by atoms with van der Waals surface area (Å²) in [6.07, 6.45) is -0.496. The van der Waals surface area contributed by atoms with E-state index in [1.165, 1.54) is 7.11 Å². The van der Waals surface area contributed by atoms with Crippen molar-refractivity contribution < 1.29 is 29.1 Å². The second-order valence-electron chi connectivity index (χ2n) is 4.02. The number of aliphatic hydroxyl groups excluding tert-OH is 1. The first kappa shape index (κ1) is 11.8. The van der Waals surface area contributed by atoms with Gasteiger partial charge in [0, 0.05) is 0 Å². The molecule has 8 nitrogen and oxygen atoms in total. The second-order valence-corrected chi connectivity index (χ2v) is 4.02. The highest BCUT2D eigenvalue weighted by atomic mass is 16.7. The first-order valence-electron chi connectivity index (χ1n) is 5.05. The SMILES string of the molecule is COC(=O)C1(NC(=O)C2C(=O)ONC2O)CC1. The lowest BCUT2D eigenvalue weighted by Crippen LogP contribution is -2.49. The minimum absolute atomic E-state index is 0.455. The standard InChI is InChI=1S/C9H12N2O6/c1-16-8(15)9(2-3-9)10-5(12)4-6(13)11-17-7(4)14/h4,6,11,13H,2-3H2,1H3,(H,10,12). The highest BCUT2D eigenvalue weighted by molar-refractivity contribution is 6.02. The summed E-state index contributed by atoms with van der Waals surface area (Å²) < 4.78 is 4.55. The molecule has 0 spiro atoms. The summed E-state index contributed by atoms with van der Waals surface area (Å²) in [5.41, 5.74) is 0.931. The number of carbonyl (C=O) groups is 3. The van der Waals surface area contributed by atoms with Gasteiger partial charge < -0.3 is 20.0 Å². The molecule has 1 amide bonds. The molecule has 1 saturated carbocycles. The molecule has 2 aliphatic rings. The van der Waals surface area contributed by atoms with Crippen molar-refractivity contribution in [2.75, 3.05) is 7.11 Å². The zero-order valence-electron chi connectivity index (χ0n) is 9.06. The first-order chi connectivity index (χ1) is 8.00. The topological polar surface area (TPSA) is 114 Å². The van der Waals surface area contributed by atoms with Crippen molar-refractivity contribution in [3.8, 4) is 0 Å². The smallest absolute Gasteiger partial charge is 0.341 e. The van der Waals surface area contributed by atoms with Crippen molar-refractivity contribution in [2.24, 2.45) is 5.92 Å². The number of esters is 1. The molecule has 0 aromatic rings. The van der Waals surface area contributed by atoms with Crippen LogP contribution in [0.1, 0.15) is 12.8 Å². The predicted molar refractivity (Wildman–Crippen MR) is 50.8 cm³/mol. The van der Waals surface area contributed by atoms with E-state index in [0.29, 0.717) is 12.8 Å². The number of ether oxygens (including phenoxy) is 1. The fourth-order valence-electron chi connectivity index (χ4n) is 1.64. The lowest BCUT2D eigenvalue weighted by atomic mass is 10.1. The fourth-order valence-corrected chi connectivity index (χ4v) is 1.64. The minimum Gasteiger partial charge on any atom is -0.467 e. The normalized spacial score (nSPS) is 29.4.